The Morgan fingerprint density at radius 1 is 1.26 bits per heavy atom. The van der Waals surface area contributed by atoms with Crippen LogP contribution in [0.15, 0.2) is 27.9 Å². The monoisotopic (exact) mass is 492 g/mol. The van der Waals surface area contributed by atoms with E-state index >= 15 is 0 Å². The number of carbonyl (C=O) groups is 1. The molecule has 2 fully saturated rings. The van der Waals surface area contributed by atoms with Crippen molar-refractivity contribution in [3.05, 3.63) is 38.9 Å². The van der Waals surface area contributed by atoms with Crippen LogP contribution < -0.4 is 5.43 Å². The lowest BCUT2D eigenvalue weighted by atomic mass is 10.0. The van der Waals surface area contributed by atoms with Gasteiger partial charge in [-0.1, -0.05) is 0 Å². The first-order valence-electron chi connectivity index (χ1n) is 11.0. The second-order valence-electron chi connectivity index (χ2n) is 8.07. The number of fused-ring (bicyclic) bond motifs is 1. The number of nitrogens with zero attached hydrogens (tertiary/aromatic N) is 4. The molecule has 0 amide bonds. The molecule has 0 saturated carbocycles. The molecular weight excluding hydrogens is 464 g/mol. The summed E-state index contributed by atoms with van der Waals surface area (Å²) in [4.78, 5) is 34.7. The number of pyridine rings is 2. The van der Waals surface area contributed by atoms with Gasteiger partial charge in [0, 0.05) is 45.0 Å². The van der Waals surface area contributed by atoms with Gasteiger partial charge >= 0.3 is 5.97 Å². The molecule has 2 aromatic rings. The van der Waals surface area contributed by atoms with Crippen molar-refractivity contribution in [3.8, 4) is 0 Å². The predicted octanol–water partition coefficient (Wildman–Crippen LogP) is 2.30. The highest BCUT2D eigenvalue weighted by atomic mass is 79.9. The third kappa shape index (κ3) is 5.16. The van der Waals surface area contributed by atoms with Gasteiger partial charge in [0.05, 0.1) is 36.9 Å². The van der Waals surface area contributed by atoms with Crippen LogP contribution in [-0.2, 0) is 9.47 Å². The summed E-state index contributed by atoms with van der Waals surface area (Å²) in [5.74, 6) is -0.573. The Hall–Kier alpha value is -1.81. The van der Waals surface area contributed by atoms with E-state index in [0.29, 0.717) is 9.99 Å². The van der Waals surface area contributed by atoms with Crippen molar-refractivity contribution < 1.29 is 14.3 Å². The molecule has 0 radical (unpaired) electrons. The number of piperidine rings is 1. The molecule has 2 aromatic heterocycles. The lowest BCUT2D eigenvalue weighted by Gasteiger charge is -2.36. The number of rotatable bonds is 6. The summed E-state index contributed by atoms with van der Waals surface area (Å²) in [5, 5.41) is 0.484. The Morgan fingerprint density at radius 3 is 2.81 bits per heavy atom. The summed E-state index contributed by atoms with van der Waals surface area (Å²) in [6.07, 6.45) is 5.45. The molecule has 9 heteroatoms. The molecule has 1 atom stereocenters. The van der Waals surface area contributed by atoms with Gasteiger partial charge < -0.3 is 18.9 Å². The molecule has 2 aliphatic heterocycles. The first-order valence-corrected chi connectivity index (χ1v) is 11.8. The molecule has 4 rings (SSSR count). The van der Waals surface area contributed by atoms with Gasteiger partial charge in [-0.05, 0) is 48.3 Å². The lowest BCUT2D eigenvalue weighted by Crippen LogP contribution is -2.44. The zero-order valence-corrected chi connectivity index (χ0v) is 19.5. The second kappa shape index (κ2) is 10.2. The fourth-order valence-electron chi connectivity index (χ4n) is 4.45. The molecule has 0 N–H and O–H groups in total. The molecule has 1 unspecified atom stereocenters. The molecule has 4 heterocycles. The number of carbonyl (C=O) groups excluding carboxylic acids is 1. The lowest BCUT2D eigenvalue weighted by molar-refractivity contribution is 0.0311. The molecular formula is C22H29BrN4O4. The van der Waals surface area contributed by atoms with Crippen molar-refractivity contribution in [2.24, 2.45) is 0 Å². The van der Waals surface area contributed by atoms with E-state index in [1.165, 1.54) is 0 Å². The number of morpholine rings is 1. The van der Waals surface area contributed by atoms with Crippen LogP contribution in [0.3, 0.4) is 0 Å². The maximum atomic E-state index is 13.0. The van der Waals surface area contributed by atoms with Gasteiger partial charge in [0.1, 0.15) is 10.2 Å². The van der Waals surface area contributed by atoms with E-state index in [4.69, 9.17) is 9.47 Å². The highest BCUT2D eigenvalue weighted by Crippen LogP contribution is 2.26. The molecule has 0 spiro atoms. The van der Waals surface area contributed by atoms with Crippen molar-refractivity contribution in [2.75, 3.05) is 59.1 Å². The Morgan fingerprint density at radius 2 is 2.03 bits per heavy atom. The van der Waals surface area contributed by atoms with Crippen LogP contribution in [0.5, 0.6) is 0 Å². The van der Waals surface area contributed by atoms with E-state index in [2.05, 4.69) is 35.3 Å². The molecule has 8 nitrogen and oxygen atoms in total. The molecule has 0 aliphatic carbocycles. The third-order valence-electron chi connectivity index (χ3n) is 6.09. The zero-order chi connectivity index (χ0) is 21.8. The maximum Gasteiger partial charge on any atom is 0.343 e. The highest BCUT2D eigenvalue weighted by molar-refractivity contribution is 9.10. The summed E-state index contributed by atoms with van der Waals surface area (Å²) in [5.41, 5.74) is 0.520. The number of esters is 1. The van der Waals surface area contributed by atoms with Crippen molar-refractivity contribution in [1.82, 2.24) is 19.4 Å². The van der Waals surface area contributed by atoms with Crippen LogP contribution in [0.25, 0.3) is 10.9 Å². The Balaban J connectivity index is 1.60. The molecule has 168 valence electrons. The van der Waals surface area contributed by atoms with Crippen LogP contribution in [0.2, 0.25) is 0 Å². The van der Waals surface area contributed by atoms with Crippen molar-refractivity contribution in [1.29, 1.82) is 0 Å². The number of aromatic nitrogens is 2. The minimum atomic E-state index is -0.573. The van der Waals surface area contributed by atoms with Gasteiger partial charge in [0.15, 0.2) is 0 Å². The fraction of sp³-hybridized carbons (Fsp3) is 0.591. The molecule has 0 bridgehead atoms. The summed E-state index contributed by atoms with van der Waals surface area (Å²) < 4.78 is 13.2. The number of halogens is 1. The average Bonchev–Trinajstić information content (AvgIpc) is 2.79. The van der Waals surface area contributed by atoms with Crippen molar-refractivity contribution in [2.45, 2.75) is 25.8 Å². The average molecular weight is 493 g/mol. The van der Waals surface area contributed by atoms with E-state index in [1.807, 2.05) is 0 Å². The third-order valence-corrected chi connectivity index (χ3v) is 6.52. The molecule has 2 aliphatic rings. The van der Waals surface area contributed by atoms with Gasteiger partial charge in [0.2, 0.25) is 5.43 Å². The first-order chi connectivity index (χ1) is 15.1. The van der Waals surface area contributed by atoms with Gasteiger partial charge in [-0.3, -0.25) is 9.69 Å². The van der Waals surface area contributed by atoms with Gasteiger partial charge in [-0.15, -0.1) is 0 Å². The smallest absolute Gasteiger partial charge is 0.343 e. The predicted molar refractivity (Wildman–Crippen MR) is 122 cm³/mol. The van der Waals surface area contributed by atoms with Crippen LogP contribution in [0.4, 0.5) is 0 Å². The van der Waals surface area contributed by atoms with Crippen LogP contribution >= 0.6 is 15.9 Å². The summed E-state index contributed by atoms with van der Waals surface area (Å²) >= 11 is 3.35. The number of hydrogen-bond donors (Lipinski definition) is 0. The maximum absolute atomic E-state index is 13.0. The minimum Gasteiger partial charge on any atom is -0.462 e. The van der Waals surface area contributed by atoms with E-state index in [1.54, 1.807) is 25.4 Å². The van der Waals surface area contributed by atoms with E-state index in [9.17, 15) is 9.59 Å². The van der Waals surface area contributed by atoms with Gasteiger partial charge in [0.25, 0.3) is 0 Å². The van der Waals surface area contributed by atoms with Crippen LogP contribution in [0.1, 0.15) is 36.2 Å². The van der Waals surface area contributed by atoms with Crippen LogP contribution in [0, 0.1) is 0 Å². The van der Waals surface area contributed by atoms with Crippen molar-refractivity contribution >= 4 is 32.8 Å². The second-order valence-corrected chi connectivity index (χ2v) is 8.89. The summed E-state index contributed by atoms with van der Waals surface area (Å²) in [7, 11) is 0. The summed E-state index contributed by atoms with van der Waals surface area (Å²) in [6.45, 7) is 9.55. The van der Waals surface area contributed by atoms with E-state index < -0.39 is 5.97 Å². The Bertz CT molecular complexity index is 989. The number of ether oxygens (including phenoxy) is 2. The van der Waals surface area contributed by atoms with E-state index in [-0.39, 0.29) is 23.6 Å². The zero-order valence-electron chi connectivity index (χ0n) is 17.9. The molecule has 31 heavy (non-hydrogen) atoms. The largest absolute Gasteiger partial charge is 0.462 e. The van der Waals surface area contributed by atoms with Gasteiger partial charge in [-0.2, -0.15) is 0 Å². The standard InChI is InChI=1S/C22H29BrN4O4/c1-2-31-22(29)18-15-27(19-13-24-20(23)12-17(19)21(18)28)16-4-3-5-26(14-16)7-6-25-8-10-30-11-9-25/h12-13,15-16H,2-11,14H2,1H3. The Labute approximate surface area is 190 Å². The van der Waals surface area contributed by atoms with Gasteiger partial charge in [-0.25, -0.2) is 9.78 Å². The minimum absolute atomic E-state index is 0.0814. The number of hydrogen-bond acceptors (Lipinski definition) is 7. The fourth-order valence-corrected chi connectivity index (χ4v) is 4.78. The van der Waals surface area contributed by atoms with E-state index in [0.717, 1.165) is 70.8 Å². The normalized spacial score (nSPS) is 20.8. The quantitative estimate of drug-likeness (QED) is 0.452. The molecule has 2 saturated heterocycles. The first kappa shape index (κ1) is 22.4. The summed E-state index contributed by atoms with van der Waals surface area (Å²) in [6, 6.07) is 1.85. The van der Waals surface area contributed by atoms with Crippen molar-refractivity contribution in [3.63, 3.8) is 0 Å². The number of likely N-dealkylation sites (tertiary alicyclic amines) is 1. The highest BCUT2D eigenvalue weighted by Gasteiger charge is 2.25. The van der Waals surface area contributed by atoms with Crippen LogP contribution in [-0.4, -0.2) is 84.4 Å². The topological polar surface area (TPSA) is 76.9 Å². The molecule has 0 aromatic carbocycles. The SMILES string of the molecule is CCOC(=O)c1cn(C2CCCN(CCN3CCOCC3)C2)c2cnc(Br)cc2c1=O. The Kier molecular flexibility index (Phi) is 7.37.